The zero-order chi connectivity index (χ0) is 21.1. The van der Waals surface area contributed by atoms with Gasteiger partial charge in [0.2, 0.25) is 0 Å². The number of thiazole rings is 1. The van der Waals surface area contributed by atoms with Crippen molar-refractivity contribution >= 4 is 44.0 Å². The predicted molar refractivity (Wildman–Crippen MR) is 122 cm³/mol. The zero-order valence-electron chi connectivity index (χ0n) is 15.4. The molecule has 1 aromatic heterocycles. The largest absolute Gasteiger partial charge is 0.298 e. The van der Waals surface area contributed by atoms with Gasteiger partial charge in [-0.05, 0) is 35.9 Å². The van der Waals surface area contributed by atoms with E-state index in [0.717, 1.165) is 20.5 Å². The number of hydrogen-bond acceptors (Lipinski definition) is 5. The second kappa shape index (κ2) is 8.56. The highest BCUT2D eigenvalue weighted by Crippen LogP contribution is 2.39. The van der Waals surface area contributed by atoms with E-state index in [0.29, 0.717) is 16.4 Å². The van der Waals surface area contributed by atoms with E-state index >= 15 is 0 Å². The van der Waals surface area contributed by atoms with Gasteiger partial charge in [0.05, 0.1) is 15.5 Å². The van der Waals surface area contributed by atoms with Gasteiger partial charge < -0.3 is 0 Å². The fraction of sp³-hybridized carbons (Fsp3) is 0. The molecule has 0 aliphatic heterocycles. The second-order valence-corrected chi connectivity index (χ2v) is 8.25. The molecule has 3 aromatic carbocycles. The highest BCUT2D eigenvalue weighted by molar-refractivity contribution is 9.10. The van der Waals surface area contributed by atoms with Gasteiger partial charge in [-0.1, -0.05) is 63.7 Å². The SMILES string of the molecule is O=C(Nc1nc(-c2ccc([N+](=O)[O-])cc2)c(-c2ccccc2)s1)c1cccc(Br)c1. The number of carbonyl (C=O) groups excluding carboxylic acids is 1. The number of carbonyl (C=O) groups is 1. The second-order valence-electron chi connectivity index (χ2n) is 6.33. The fourth-order valence-electron chi connectivity index (χ4n) is 2.89. The molecule has 0 aliphatic rings. The van der Waals surface area contributed by atoms with Crippen molar-refractivity contribution in [2.75, 3.05) is 5.32 Å². The van der Waals surface area contributed by atoms with Crippen LogP contribution in [0.1, 0.15) is 10.4 Å². The molecule has 0 spiro atoms. The van der Waals surface area contributed by atoms with Crippen molar-refractivity contribution in [2.24, 2.45) is 0 Å². The first-order valence-corrected chi connectivity index (χ1v) is 10.5. The maximum Gasteiger partial charge on any atom is 0.269 e. The summed E-state index contributed by atoms with van der Waals surface area (Å²) in [6.45, 7) is 0. The Hall–Kier alpha value is -3.36. The van der Waals surface area contributed by atoms with Gasteiger partial charge in [-0.3, -0.25) is 20.2 Å². The Morgan fingerprint density at radius 3 is 2.37 bits per heavy atom. The van der Waals surface area contributed by atoms with E-state index in [1.165, 1.54) is 23.5 Å². The monoisotopic (exact) mass is 479 g/mol. The molecule has 6 nitrogen and oxygen atoms in total. The molecular weight excluding hydrogens is 466 g/mol. The maximum atomic E-state index is 12.6. The number of nitrogens with zero attached hydrogens (tertiary/aromatic N) is 2. The molecule has 1 amide bonds. The van der Waals surface area contributed by atoms with E-state index in [1.807, 2.05) is 36.4 Å². The van der Waals surface area contributed by atoms with Crippen LogP contribution in [0, 0.1) is 10.1 Å². The molecule has 30 heavy (non-hydrogen) atoms. The van der Waals surface area contributed by atoms with E-state index in [2.05, 4.69) is 26.2 Å². The third-order valence-corrected chi connectivity index (χ3v) is 5.84. The summed E-state index contributed by atoms with van der Waals surface area (Å²) < 4.78 is 0.811. The number of hydrogen-bond donors (Lipinski definition) is 1. The Kier molecular flexibility index (Phi) is 5.69. The standard InChI is InChI=1S/C22H14BrN3O3S/c23-17-8-4-7-16(13-17)21(27)25-22-24-19(14-9-11-18(12-10-14)26(28)29)20(30-22)15-5-2-1-3-6-15/h1-13H,(H,24,25,27). The van der Waals surface area contributed by atoms with E-state index in [9.17, 15) is 14.9 Å². The number of anilines is 1. The summed E-state index contributed by atoms with van der Waals surface area (Å²) in [5.74, 6) is -0.264. The number of nitro groups is 1. The first-order chi connectivity index (χ1) is 14.5. The van der Waals surface area contributed by atoms with Gasteiger partial charge in [-0.25, -0.2) is 4.98 Å². The molecule has 0 radical (unpaired) electrons. The van der Waals surface area contributed by atoms with Crippen molar-refractivity contribution in [1.82, 2.24) is 4.98 Å². The summed E-state index contributed by atoms with van der Waals surface area (Å²) >= 11 is 4.72. The Morgan fingerprint density at radius 2 is 1.70 bits per heavy atom. The number of non-ortho nitro benzene ring substituents is 1. The normalized spacial score (nSPS) is 10.6. The number of amides is 1. The van der Waals surface area contributed by atoms with Gasteiger partial charge in [0, 0.05) is 27.7 Å². The van der Waals surface area contributed by atoms with Crippen LogP contribution in [-0.2, 0) is 0 Å². The third-order valence-electron chi connectivity index (χ3n) is 4.32. The lowest BCUT2D eigenvalue weighted by Crippen LogP contribution is -2.11. The maximum absolute atomic E-state index is 12.6. The van der Waals surface area contributed by atoms with Crippen molar-refractivity contribution in [3.63, 3.8) is 0 Å². The van der Waals surface area contributed by atoms with Gasteiger partial charge in [0.1, 0.15) is 0 Å². The predicted octanol–water partition coefficient (Wildman–Crippen LogP) is 6.40. The van der Waals surface area contributed by atoms with Gasteiger partial charge >= 0.3 is 0 Å². The van der Waals surface area contributed by atoms with Gasteiger partial charge in [0.25, 0.3) is 11.6 Å². The highest BCUT2D eigenvalue weighted by atomic mass is 79.9. The van der Waals surface area contributed by atoms with Crippen LogP contribution in [0.3, 0.4) is 0 Å². The smallest absolute Gasteiger partial charge is 0.269 e. The molecule has 0 bridgehead atoms. The zero-order valence-corrected chi connectivity index (χ0v) is 17.8. The van der Waals surface area contributed by atoms with Crippen molar-refractivity contribution in [1.29, 1.82) is 0 Å². The van der Waals surface area contributed by atoms with Crippen LogP contribution >= 0.6 is 27.3 Å². The number of halogens is 1. The number of nitro benzene ring substituents is 1. The lowest BCUT2D eigenvalue weighted by atomic mass is 10.1. The first-order valence-electron chi connectivity index (χ1n) is 8.89. The van der Waals surface area contributed by atoms with Crippen molar-refractivity contribution < 1.29 is 9.72 Å². The highest BCUT2D eigenvalue weighted by Gasteiger charge is 2.18. The number of aromatic nitrogens is 1. The minimum Gasteiger partial charge on any atom is -0.298 e. The summed E-state index contributed by atoms with van der Waals surface area (Å²) in [5.41, 5.74) is 2.87. The van der Waals surface area contributed by atoms with Crippen LogP contribution in [0.15, 0.2) is 83.3 Å². The van der Waals surface area contributed by atoms with E-state index in [1.54, 1.807) is 30.3 Å². The minimum atomic E-state index is -0.438. The van der Waals surface area contributed by atoms with E-state index in [4.69, 9.17) is 0 Å². The molecular formula is C22H14BrN3O3S. The number of nitrogens with one attached hydrogen (secondary N) is 1. The van der Waals surface area contributed by atoms with Crippen molar-refractivity contribution in [2.45, 2.75) is 0 Å². The average molecular weight is 480 g/mol. The molecule has 0 saturated heterocycles. The van der Waals surface area contributed by atoms with Crippen LogP contribution in [0.4, 0.5) is 10.8 Å². The van der Waals surface area contributed by atoms with Crippen LogP contribution in [0.5, 0.6) is 0 Å². The van der Waals surface area contributed by atoms with Gasteiger partial charge in [0.15, 0.2) is 5.13 Å². The first kappa shape index (κ1) is 19.9. The lowest BCUT2D eigenvalue weighted by Gasteiger charge is -2.02. The molecule has 4 aromatic rings. The summed E-state index contributed by atoms with van der Waals surface area (Å²) in [5, 5.41) is 14.3. The molecule has 1 N–H and O–H groups in total. The molecule has 0 fully saturated rings. The van der Waals surface area contributed by atoms with E-state index in [-0.39, 0.29) is 11.6 Å². The molecule has 8 heteroatoms. The summed E-state index contributed by atoms with van der Waals surface area (Å²) in [6, 6.07) is 23.0. The topological polar surface area (TPSA) is 85.1 Å². The van der Waals surface area contributed by atoms with E-state index < -0.39 is 4.92 Å². The average Bonchev–Trinajstić information content (AvgIpc) is 3.18. The molecule has 1 heterocycles. The summed E-state index contributed by atoms with van der Waals surface area (Å²) in [7, 11) is 0. The fourth-order valence-corrected chi connectivity index (χ4v) is 4.28. The molecule has 148 valence electrons. The molecule has 0 atom stereocenters. The van der Waals surface area contributed by atoms with Crippen molar-refractivity contribution in [3.8, 4) is 21.7 Å². The number of rotatable bonds is 5. The Morgan fingerprint density at radius 1 is 0.967 bits per heavy atom. The lowest BCUT2D eigenvalue weighted by molar-refractivity contribution is -0.384. The summed E-state index contributed by atoms with van der Waals surface area (Å²) in [6.07, 6.45) is 0. The van der Waals surface area contributed by atoms with Crippen LogP contribution in [0.2, 0.25) is 0 Å². The minimum absolute atomic E-state index is 0.0124. The number of benzene rings is 3. The van der Waals surface area contributed by atoms with Crippen molar-refractivity contribution in [3.05, 3.63) is 99.0 Å². The van der Waals surface area contributed by atoms with Crippen LogP contribution in [0.25, 0.3) is 21.7 Å². The molecule has 0 saturated carbocycles. The molecule has 0 aliphatic carbocycles. The van der Waals surface area contributed by atoms with Crippen LogP contribution in [-0.4, -0.2) is 15.8 Å². The quantitative estimate of drug-likeness (QED) is 0.265. The molecule has 0 unspecified atom stereocenters. The Balaban J connectivity index is 1.72. The molecule has 4 rings (SSSR count). The van der Waals surface area contributed by atoms with Gasteiger partial charge in [-0.15, -0.1) is 0 Å². The summed E-state index contributed by atoms with van der Waals surface area (Å²) in [4.78, 5) is 28.7. The Labute approximate surface area is 184 Å². The van der Waals surface area contributed by atoms with Gasteiger partial charge in [-0.2, -0.15) is 0 Å². The Bertz CT molecular complexity index is 1220. The van der Waals surface area contributed by atoms with Crippen LogP contribution < -0.4 is 5.32 Å². The third kappa shape index (κ3) is 4.29.